The van der Waals surface area contributed by atoms with Crippen molar-refractivity contribution in [2.24, 2.45) is 5.92 Å². The van der Waals surface area contributed by atoms with Gasteiger partial charge in [-0.1, -0.05) is 27.2 Å². The van der Waals surface area contributed by atoms with E-state index < -0.39 is 12.0 Å². The molecule has 0 aliphatic rings. The molecule has 0 aliphatic heterocycles. The second-order valence-corrected chi connectivity index (χ2v) is 5.07. The van der Waals surface area contributed by atoms with Gasteiger partial charge in [0, 0.05) is 12.6 Å². The summed E-state index contributed by atoms with van der Waals surface area (Å²) in [5.41, 5.74) is 0. The smallest absolute Gasteiger partial charge is 0.320 e. The molecule has 7 heteroatoms. The minimum Gasteiger partial charge on any atom is -0.480 e. The Labute approximate surface area is 124 Å². The predicted octanol–water partition coefficient (Wildman–Crippen LogP) is 1.32. The van der Waals surface area contributed by atoms with Gasteiger partial charge in [-0.2, -0.15) is 5.10 Å². The number of carboxylic acids is 1. The minimum absolute atomic E-state index is 0.0408. The van der Waals surface area contributed by atoms with Gasteiger partial charge in [0.2, 0.25) is 5.91 Å². The maximum atomic E-state index is 11.9. The molecular formula is C14H24N4O3. The van der Waals surface area contributed by atoms with Crippen LogP contribution in [0, 0.1) is 5.92 Å². The van der Waals surface area contributed by atoms with E-state index in [1.54, 1.807) is 16.9 Å². The maximum absolute atomic E-state index is 11.9. The second kappa shape index (κ2) is 8.41. The predicted molar refractivity (Wildman–Crippen MR) is 80.0 cm³/mol. The summed E-state index contributed by atoms with van der Waals surface area (Å²) in [7, 11) is 0. The number of nitrogens with zero attached hydrogens (tertiary/aromatic N) is 2. The van der Waals surface area contributed by atoms with Crippen LogP contribution in [0.1, 0.15) is 33.6 Å². The van der Waals surface area contributed by atoms with Crippen molar-refractivity contribution in [3.63, 3.8) is 0 Å². The van der Waals surface area contributed by atoms with Crippen LogP contribution in [0.15, 0.2) is 12.3 Å². The molecule has 0 saturated carbocycles. The molecule has 1 heterocycles. The molecule has 1 aromatic rings. The highest BCUT2D eigenvalue weighted by atomic mass is 16.4. The summed E-state index contributed by atoms with van der Waals surface area (Å²) >= 11 is 0. The fourth-order valence-electron chi connectivity index (χ4n) is 1.99. The highest BCUT2D eigenvalue weighted by Gasteiger charge is 2.23. The van der Waals surface area contributed by atoms with Crippen LogP contribution in [-0.4, -0.2) is 39.4 Å². The van der Waals surface area contributed by atoms with Gasteiger partial charge in [0.05, 0.1) is 12.7 Å². The Morgan fingerprint density at radius 3 is 2.71 bits per heavy atom. The summed E-state index contributed by atoms with van der Waals surface area (Å²) in [6.45, 7) is 6.48. The lowest BCUT2D eigenvalue weighted by atomic mass is 9.99. The van der Waals surface area contributed by atoms with Gasteiger partial charge in [0.1, 0.15) is 11.9 Å². The zero-order valence-corrected chi connectivity index (χ0v) is 12.8. The van der Waals surface area contributed by atoms with Crippen LogP contribution < -0.4 is 10.6 Å². The minimum atomic E-state index is -0.937. The lowest BCUT2D eigenvalue weighted by molar-refractivity contribution is -0.140. The first-order valence-electron chi connectivity index (χ1n) is 7.27. The number of anilines is 1. The Bertz CT molecular complexity index is 473. The van der Waals surface area contributed by atoms with Gasteiger partial charge < -0.3 is 10.4 Å². The Morgan fingerprint density at radius 2 is 2.14 bits per heavy atom. The van der Waals surface area contributed by atoms with Crippen LogP contribution in [0.2, 0.25) is 0 Å². The topological polar surface area (TPSA) is 96.3 Å². The number of carbonyl (C=O) groups excluding carboxylic acids is 1. The first kappa shape index (κ1) is 17.2. The SMILES string of the molecule is CCCn1nccc1NC(=O)CN[C@H](C(=O)O)[C@@H](C)CC. The van der Waals surface area contributed by atoms with E-state index in [1.807, 2.05) is 20.8 Å². The Balaban J connectivity index is 2.53. The fraction of sp³-hybridized carbons (Fsp3) is 0.643. The van der Waals surface area contributed by atoms with E-state index in [2.05, 4.69) is 15.7 Å². The van der Waals surface area contributed by atoms with Crippen molar-refractivity contribution >= 4 is 17.7 Å². The van der Waals surface area contributed by atoms with Gasteiger partial charge in [0.25, 0.3) is 0 Å². The van der Waals surface area contributed by atoms with Crippen molar-refractivity contribution < 1.29 is 14.7 Å². The average molecular weight is 296 g/mol. The second-order valence-electron chi connectivity index (χ2n) is 5.07. The number of carbonyl (C=O) groups is 2. The molecule has 0 fully saturated rings. The van der Waals surface area contributed by atoms with Crippen LogP contribution in [0.5, 0.6) is 0 Å². The summed E-state index contributed by atoms with van der Waals surface area (Å²) in [4.78, 5) is 23.1. The first-order chi connectivity index (χ1) is 9.99. The molecule has 118 valence electrons. The van der Waals surface area contributed by atoms with E-state index in [0.717, 1.165) is 19.4 Å². The van der Waals surface area contributed by atoms with Crippen molar-refractivity contribution in [2.45, 2.75) is 46.2 Å². The highest BCUT2D eigenvalue weighted by Crippen LogP contribution is 2.09. The lowest BCUT2D eigenvalue weighted by Gasteiger charge is -2.19. The molecule has 1 rings (SSSR count). The molecule has 21 heavy (non-hydrogen) atoms. The van der Waals surface area contributed by atoms with E-state index in [9.17, 15) is 9.59 Å². The van der Waals surface area contributed by atoms with Crippen molar-refractivity contribution in [2.75, 3.05) is 11.9 Å². The summed E-state index contributed by atoms with van der Waals surface area (Å²) in [5, 5.41) is 18.8. The molecule has 0 radical (unpaired) electrons. The lowest BCUT2D eigenvalue weighted by Crippen LogP contribution is -2.45. The van der Waals surface area contributed by atoms with Crippen LogP contribution in [0.4, 0.5) is 5.82 Å². The average Bonchev–Trinajstić information content (AvgIpc) is 2.86. The quantitative estimate of drug-likeness (QED) is 0.638. The van der Waals surface area contributed by atoms with Crippen molar-refractivity contribution in [1.29, 1.82) is 0 Å². The Morgan fingerprint density at radius 1 is 1.43 bits per heavy atom. The van der Waals surface area contributed by atoms with Crippen LogP contribution >= 0.6 is 0 Å². The number of aromatic nitrogens is 2. The molecule has 1 aromatic heterocycles. The van der Waals surface area contributed by atoms with Crippen molar-refractivity contribution in [1.82, 2.24) is 15.1 Å². The molecule has 0 bridgehead atoms. The third kappa shape index (κ3) is 5.18. The van der Waals surface area contributed by atoms with E-state index in [0.29, 0.717) is 5.82 Å². The summed E-state index contributed by atoms with van der Waals surface area (Å²) in [5.74, 6) is -0.629. The molecule has 0 saturated heterocycles. The van der Waals surface area contributed by atoms with Gasteiger partial charge >= 0.3 is 5.97 Å². The van der Waals surface area contributed by atoms with Crippen molar-refractivity contribution in [3.05, 3.63) is 12.3 Å². The number of aliphatic carboxylic acids is 1. The van der Waals surface area contributed by atoms with Gasteiger partial charge in [-0.15, -0.1) is 0 Å². The summed E-state index contributed by atoms with van der Waals surface area (Å²) in [6, 6.07) is 0.998. The third-order valence-corrected chi connectivity index (χ3v) is 3.38. The number of rotatable bonds is 9. The monoisotopic (exact) mass is 296 g/mol. The number of nitrogens with one attached hydrogen (secondary N) is 2. The zero-order valence-electron chi connectivity index (χ0n) is 12.8. The third-order valence-electron chi connectivity index (χ3n) is 3.38. The summed E-state index contributed by atoms with van der Waals surface area (Å²) < 4.78 is 1.71. The molecule has 2 atom stereocenters. The maximum Gasteiger partial charge on any atom is 0.320 e. The number of amides is 1. The van der Waals surface area contributed by atoms with Gasteiger partial charge in [0.15, 0.2) is 0 Å². The van der Waals surface area contributed by atoms with E-state index in [-0.39, 0.29) is 18.4 Å². The van der Waals surface area contributed by atoms with E-state index >= 15 is 0 Å². The molecule has 1 amide bonds. The van der Waals surface area contributed by atoms with Gasteiger partial charge in [-0.25, -0.2) is 4.68 Å². The van der Waals surface area contributed by atoms with E-state index in [1.165, 1.54) is 0 Å². The highest BCUT2D eigenvalue weighted by molar-refractivity contribution is 5.91. The van der Waals surface area contributed by atoms with Crippen LogP contribution in [0.25, 0.3) is 0 Å². The summed E-state index contributed by atoms with van der Waals surface area (Å²) in [6.07, 6.45) is 3.27. The van der Waals surface area contributed by atoms with Crippen LogP contribution in [-0.2, 0) is 16.1 Å². The number of hydrogen-bond acceptors (Lipinski definition) is 4. The molecule has 3 N–H and O–H groups in total. The van der Waals surface area contributed by atoms with Crippen molar-refractivity contribution in [3.8, 4) is 0 Å². The number of hydrogen-bond donors (Lipinski definition) is 3. The normalized spacial score (nSPS) is 13.7. The molecule has 0 aliphatic carbocycles. The number of aryl methyl sites for hydroxylation is 1. The molecular weight excluding hydrogens is 272 g/mol. The zero-order chi connectivity index (χ0) is 15.8. The fourth-order valence-corrected chi connectivity index (χ4v) is 1.99. The standard InChI is InChI=1S/C14H24N4O3/c1-4-8-18-11(6-7-16-18)17-12(19)9-15-13(14(20)21)10(3)5-2/h6-7,10,13,15H,4-5,8-9H2,1-3H3,(H,17,19)(H,20,21)/t10-,13-/m0/s1. The molecule has 7 nitrogen and oxygen atoms in total. The largest absolute Gasteiger partial charge is 0.480 e. The molecule has 0 spiro atoms. The van der Waals surface area contributed by atoms with Gasteiger partial charge in [-0.05, 0) is 12.3 Å². The van der Waals surface area contributed by atoms with Crippen LogP contribution in [0.3, 0.4) is 0 Å². The first-order valence-corrected chi connectivity index (χ1v) is 7.27. The van der Waals surface area contributed by atoms with E-state index in [4.69, 9.17) is 5.11 Å². The Kier molecular flexibility index (Phi) is 6.87. The number of carboxylic acid groups (broad SMARTS) is 1. The molecule has 0 aromatic carbocycles. The Hall–Kier alpha value is -1.89. The molecule has 0 unspecified atom stereocenters. The van der Waals surface area contributed by atoms with Gasteiger partial charge in [-0.3, -0.25) is 14.9 Å².